The standard InChI is InChI=1S/C21H28O8/c1-6-28-19(23)17-13(22)11-21(3,25)18(20(24)29-7-2)16(17)12-8-9-14(26-4)15(10-12)27-5/h8-10,16-18,25H,6-7,11H2,1-5H3/t16-,17-,18+,21-/m1/s1. The van der Waals surface area contributed by atoms with E-state index >= 15 is 0 Å². The van der Waals surface area contributed by atoms with Gasteiger partial charge < -0.3 is 24.1 Å². The number of methoxy groups -OCH3 is 2. The number of ether oxygens (including phenoxy) is 4. The van der Waals surface area contributed by atoms with Gasteiger partial charge in [-0.1, -0.05) is 6.07 Å². The van der Waals surface area contributed by atoms with Crippen LogP contribution >= 0.6 is 0 Å². The number of carbonyl (C=O) groups is 3. The van der Waals surface area contributed by atoms with Crippen LogP contribution in [0.4, 0.5) is 0 Å². The minimum Gasteiger partial charge on any atom is -0.493 e. The Bertz CT molecular complexity index is 770. The number of carbonyl (C=O) groups excluding carboxylic acids is 3. The predicted molar refractivity (Wildman–Crippen MR) is 103 cm³/mol. The summed E-state index contributed by atoms with van der Waals surface area (Å²) in [5, 5.41) is 11.0. The van der Waals surface area contributed by atoms with E-state index in [-0.39, 0.29) is 19.6 Å². The highest BCUT2D eigenvalue weighted by Gasteiger charge is 2.57. The van der Waals surface area contributed by atoms with Crippen molar-refractivity contribution in [2.75, 3.05) is 27.4 Å². The first-order chi connectivity index (χ1) is 13.7. The molecule has 0 radical (unpaired) electrons. The molecule has 1 fully saturated rings. The molecule has 160 valence electrons. The molecule has 8 nitrogen and oxygen atoms in total. The predicted octanol–water partition coefficient (Wildman–Crippen LogP) is 1.87. The molecule has 0 aliphatic heterocycles. The normalized spacial score (nSPS) is 26.6. The molecule has 2 rings (SSSR count). The van der Waals surface area contributed by atoms with Crippen molar-refractivity contribution in [1.82, 2.24) is 0 Å². The number of hydrogen-bond acceptors (Lipinski definition) is 8. The smallest absolute Gasteiger partial charge is 0.317 e. The van der Waals surface area contributed by atoms with E-state index in [0.29, 0.717) is 17.1 Å². The summed E-state index contributed by atoms with van der Waals surface area (Å²) in [6.07, 6.45) is -0.357. The van der Waals surface area contributed by atoms with E-state index in [0.717, 1.165) is 0 Å². The Labute approximate surface area is 170 Å². The molecular formula is C21H28O8. The summed E-state index contributed by atoms with van der Waals surface area (Å²) < 4.78 is 20.9. The quantitative estimate of drug-likeness (QED) is 0.538. The number of ketones is 1. The highest BCUT2D eigenvalue weighted by Crippen LogP contribution is 2.48. The van der Waals surface area contributed by atoms with Gasteiger partial charge in [0.1, 0.15) is 5.92 Å². The Balaban J connectivity index is 2.67. The van der Waals surface area contributed by atoms with Gasteiger partial charge in [0.25, 0.3) is 0 Å². The van der Waals surface area contributed by atoms with Crippen LogP contribution in [0.3, 0.4) is 0 Å². The van der Waals surface area contributed by atoms with E-state index in [9.17, 15) is 19.5 Å². The van der Waals surface area contributed by atoms with E-state index in [1.807, 2.05) is 0 Å². The maximum Gasteiger partial charge on any atom is 0.317 e. The van der Waals surface area contributed by atoms with Crippen molar-refractivity contribution in [1.29, 1.82) is 0 Å². The van der Waals surface area contributed by atoms with E-state index in [2.05, 4.69) is 0 Å². The molecule has 0 heterocycles. The van der Waals surface area contributed by atoms with Crippen molar-refractivity contribution in [3.8, 4) is 11.5 Å². The van der Waals surface area contributed by atoms with Crippen molar-refractivity contribution in [2.24, 2.45) is 11.8 Å². The third-order valence-corrected chi connectivity index (χ3v) is 5.14. The van der Waals surface area contributed by atoms with Gasteiger partial charge in [-0.05, 0) is 38.5 Å². The highest BCUT2D eigenvalue weighted by atomic mass is 16.5. The molecule has 1 N–H and O–H groups in total. The Morgan fingerprint density at radius 3 is 2.21 bits per heavy atom. The Morgan fingerprint density at radius 2 is 1.66 bits per heavy atom. The summed E-state index contributed by atoms with van der Waals surface area (Å²) in [5.74, 6) is -4.46. The lowest BCUT2D eigenvalue weighted by Gasteiger charge is -2.43. The third-order valence-electron chi connectivity index (χ3n) is 5.14. The molecule has 0 aromatic heterocycles. The summed E-state index contributed by atoms with van der Waals surface area (Å²) >= 11 is 0. The number of rotatable bonds is 7. The maximum absolute atomic E-state index is 12.8. The molecule has 8 heteroatoms. The summed E-state index contributed by atoms with van der Waals surface area (Å²) in [5.41, 5.74) is -1.23. The Morgan fingerprint density at radius 1 is 1.07 bits per heavy atom. The topological polar surface area (TPSA) is 108 Å². The third kappa shape index (κ3) is 4.53. The first-order valence-electron chi connectivity index (χ1n) is 9.52. The minimum atomic E-state index is -1.69. The summed E-state index contributed by atoms with van der Waals surface area (Å²) in [6.45, 7) is 4.87. The van der Waals surface area contributed by atoms with Gasteiger partial charge in [-0.25, -0.2) is 0 Å². The number of Topliss-reactive ketones (excluding diaryl/α,β-unsaturated/α-hetero) is 1. The van der Waals surface area contributed by atoms with E-state index in [4.69, 9.17) is 18.9 Å². The van der Waals surface area contributed by atoms with Gasteiger partial charge in [0.05, 0.1) is 39.0 Å². The van der Waals surface area contributed by atoms with E-state index in [1.165, 1.54) is 21.1 Å². The molecule has 1 aromatic rings. The minimum absolute atomic E-state index is 0.0851. The molecule has 1 aliphatic rings. The van der Waals surface area contributed by atoms with E-state index < -0.39 is 41.1 Å². The molecule has 1 aliphatic carbocycles. The van der Waals surface area contributed by atoms with Crippen molar-refractivity contribution in [3.05, 3.63) is 23.8 Å². The first kappa shape index (κ1) is 22.7. The van der Waals surface area contributed by atoms with Crippen LogP contribution in [0.2, 0.25) is 0 Å². The number of esters is 2. The van der Waals surface area contributed by atoms with Crippen LogP contribution in [0.1, 0.15) is 38.7 Å². The zero-order valence-electron chi connectivity index (χ0n) is 17.4. The second kappa shape index (κ2) is 9.26. The van der Waals surface area contributed by atoms with Crippen LogP contribution < -0.4 is 9.47 Å². The number of aliphatic hydroxyl groups is 1. The zero-order chi connectivity index (χ0) is 21.8. The molecule has 0 unspecified atom stereocenters. The number of benzene rings is 1. The monoisotopic (exact) mass is 408 g/mol. The van der Waals surface area contributed by atoms with Crippen LogP contribution in [0.5, 0.6) is 11.5 Å². The molecule has 1 saturated carbocycles. The average molecular weight is 408 g/mol. The van der Waals surface area contributed by atoms with Gasteiger partial charge in [0, 0.05) is 12.3 Å². The molecule has 0 bridgehead atoms. The lowest BCUT2D eigenvalue weighted by molar-refractivity contribution is -0.172. The second-order valence-electron chi connectivity index (χ2n) is 7.10. The van der Waals surface area contributed by atoms with Crippen molar-refractivity contribution < 1.29 is 38.4 Å². The highest BCUT2D eigenvalue weighted by molar-refractivity contribution is 6.02. The molecule has 29 heavy (non-hydrogen) atoms. The number of hydrogen-bond donors (Lipinski definition) is 1. The SMILES string of the molecule is CCOC(=O)[C@@H]1C(=O)C[C@@](C)(O)[C@H](C(=O)OCC)[C@@H]1c1ccc(OC)c(OC)c1. The van der Waals surface area contributed by atoms with Gasteiger partial charge in [-0.3, -0.25) is 14.4 Å². The molecule has 4 atom stereocenters. The van der Waals surface area contributed by atoms with Crippen LogP contribution in [-0.4, -0.2) is 55.9 Å². The first-order valence-corrected chi connectivity index (χ1v) is 9.52. The largest absolute Gasteiger partial charge is 0.493 e. The molecular weight excluding hydrogens is 380 g/mol. The van der Waals surface area contributed by atoms with Crippen LogP contribution in [0, 0.1) is 11.8 Å². The van der Waals surface area contributed by atoms with Crippen LogP contribution in [0.15, 0.2) is 18.2 Å². The van der Waals surface area contributed by atoms with E-state index in [1.54, 1.807) is 32.0 Å². The maximum atomic E-state index is 12.8. The Kier molecular flexibility index (Phi) is 7.24. The molecule has 1 aromatic carbocycles. The average Bonchev–Trinajstić information content (AvgIpc) is 2.66. The van der Waals surface area contributed by atoms with Gasteiger partial charge in [0.15, 0.2) is 17.3 Å². The van der Waals surface area contributed by atoms with Crippen LogP contribution in [0.25, 0.3) is 0 Å². The van der Waals surface area contributed by atoms with Crippen molar-refractivity contribution >= 4 is 17.7 Å². The second-order valence-corrected chi connectivity index (χ2v) is 7.10. The van der Waals surface area contributed by atoms with Crippen LogP contribution in [-0.2, 0) is 23.9 Å². The molecule has 0 spiro atoms. The fraction of sp³-hybridized carbons (Fsp3) is 0.571. The van der Waals surface area contributed by atoms with Gasteiger partial charge in [-0.2, -0.15) is 0 Å². The van der Waals surface area contributed by atoms with Gasteiger partial charge in [-0.15, -0.1) is 0 Å². The summed E-state index contributed by atoms with van der Waals surface area (Å²) in [7, 11) is 2.94. The van der Waals surface area contributed by atoms with Crippen molar-refractivity contribution in [3.63, 3.8) is 0 Å². The van der Waals surface area contributed by atoms with Crippen molar-refractivity contribution in [2.45, 2.75) is 38.7 Å². The summed E-state index contributed by atoms with van der Waals surface area (Å²) in [4.78, 5) is 38.3. The zero-order valence-corrected chi connectivity index (χ0v) is 17.4. The fourth-order valence-corrected chi connectivity index (χ4v) is 3.94. The molecule has 0 amide bonds. The lowest BCUT2D eigenvalue weighted by Crippen LogP contribution is -2.55. The Hall–Kier alpha value is -2.61. The summed E-state index contributed by atoms with van der Waals surface area (Å²) in [6, 6.07) is 4.85. The molecule has 0 saturated heterocycles. The fourth-order valence-electron chi connectivity index (χ4n) is 3.94. The lowest BCUT2D eigenvalue weighted by atomic mass is 9.61. The van der Waals surface area contributed by atoms with Gasteiger partial charge >= 0.3 is 11.9 Å². The van der Waals surface area contributed by atoms with Gasteiger partial charge in [0.2, 0.25) is 0 Å².